The van der Waals surface area contributed by atoms with Gasteiger partial charge in [0.15, 0.2) is 0 Å². The molecule has 128 valence electrons. The largest absolute Gasteiger partial charge is 0.355 e. The van der Waals surface area contributed by atoms with Gasteiger partial charge in [-0.25, -0.2) is 0 Å². The summed E-state index contributed by atoms with van der Waals surface area (Å²) < 4.78 is 0. The number of rotatable bonds is 3. The van der Waals surface area contributed by atoms with Gasteiger partial charge >= 0.3 is 0 Å². The van der Waals surface area contributed by atoms with Crippen LogP contribution >= 0.6 is 0 Å². The lowest BCUT2D eigenvalue weighted by Gasteiger charge is -2.28. The summed E-state index contributed by atoms with van der Waals surface area (Å²) in [5.41, 5.74) is 1.44. The quantitative estimate of drug-likeness (QED) is 0.930. The highest BCUT2D eigenvalue weighted by atomic mass is 16.2. The molecular formula is C20H21N3O2. The fourth-order valence-corrected chi connectivity index (χ4v) is 4.13. The maximum atomic E-state index is 12.7. The molecule has 2 amide bonds. The topological polar surface area (TPSA) is 62.3 Å². The van der Waals surface area contributed by atoms with Gasteiger partial charge in [-0.05, 0) is 24.1 Å². The lowest BCUT2D eigenvalue weighted by atomic mass is 9.73. The molecule has 25 heavy (non-hydrogen) atoms. The third-order valence-corrected chi connectivity index (χ3v) is 5.50. The van der Waals surface area contributed by atoms with Crippen molar-refractivity contribution in [2.45, 2.75) is 18.8 Å². The Morgan fingerprint density at radius 1 is 1.20 bits per heavy atom. The molecule has 1 aromatic heterocycles. The molecule has 2 aromatic rings. The summed E-state index contributed by atoms with van der Waals surface area (Å²) in [7, 11) is 0. The Hall–Kier alpha value is -2.69. The molecule has 0 aliphatic carbocycles. The van der Waals surface area contributed by atoms with E-state index in [4.69, 9.17) is 0 Å². The van der Waals surface area contributed by atoms with Gasteiger partial charge in [0.1, 0.15) is 0 Å². The van der Waals surface area contributed by atoms with Crippen molar-refractivity contribution >= 4 is 11.8 Å². The van der Waals surface area contributed by atoms with Crippen LogP contribution in [0.15, 0.2) is 54.7 Å². The third kappa shape index (κ3) is 2.80. The Kier molecular flexibility index (Phi) is 3.99. The van der Waals surface area contributed by atoms with E-state index in [0.29, 0.717) is 26.1 Å². The summed E-state index contributed by atoms with van der Waals surface area (Å²) in [6.07, 6.45) is 2.70. The van der Waals surface area contributed by atoms with Crippen LogP contribution in [-0.2, 0) is 16.0 Å². The molecule has 4 rings (SSSR count). The number of aromatic nitrogens is 1. The molecular weight excluding hydrogens is 314 g/mol. The Labute approximate surface area is 147 Å². The highest BCUT2D eigenvalue weighted by molar-refractivity contribution is 5.89. The van der Waals surface area contributed by atoms with Crippen molar-refractivity contribution in [2.24, 2.45) is 5.41 Å². The Morgan fingerprint density at radius 3 is 2.76 bits per heavy atom. The second-order valence-electron chi connectivity index (χ2n) is 6.89. The summed E-state index contributed by atoms with van der Waals surface area (Å²) in [5.74, 6) is 0.241. The summed E-state index contributed by atoms with van der Waals surface area (Å²) >= 11 is 0. The molecule has 1 aromatic carbocycles. The van der Waals surface area contributed by atoms with Crippen LogP contribution < -0.4 is 5.32 Å². The monoisotopic (exact) mass is 335 g/mol. The Balaban J connectivity index is 1.53. The smallest absolute Gasteiger partial charge is 0.228 e. The van der Waals surface area contributed by atoms with Crippen molar-refractivity contribution in [3.8, 4) is 0 Å². The summed E-state index contributed by atoms with van der Waals surface area (Å²) in [6, 6.07) is 15.7. The van der Waals surface area contributed by atoms with Crippen LogP contribution in [-0.4, -0.2) is 41.3 Å². The van der Waals surface area contributed by atoms with Crippen LogP contribution in [0.1, 0.15) is 23.6 Å². The zero-order chi connectivity index (χ0) is 17.3. The number of carbonyl (C=O) groups is 2. The van der Waals surface area contributed by atoms with Crippen LogP contribution in [0.5, 0.6) is 0 Å². The van der Waals surface area contributed by atoms with Crippen LogP contribution in [0, 0.1) is 5.41 Å². The molecule has 1 spiro atoms. The molecule has 0 radical (unpaired) electrons. The van der Waals surface area contributed by atoms with Gasteiger partial charge in [0.05, 0.1) is 11.8 Å². The molecule has 2 atom stereocenters. The van der Waals surface area contributed by atoms with Crippen LogP contribution in [0.2, 0.25) is 0 Å². The lowest BCUT2D eigenvalue weighted by molar-refractivity contribution is -0.131. The number of hydrogen-bond donors (Lipinski definition) is 1. The van der Waals surface area contributed by atoms with E-state index in [2.05, 4.69) is 22.4 Å². The second-order valence-corrected chi connectivity index (χ2v) is 6.89. The lowest BCUT2D eigenvalue weighted by Crippen LogP contribution is -2.39. The molecule has 0 saturated carbocycles. The van der Waals surface area contributed by atoms with Crippen molar-refractivity contribution < 1.29 is 9.59 Å². The first kappa shape index (κ1) is 15.8. The molecule has 2 fully saturated rings. The number of likely N-dealkylation sites (tertiary alicyclic amines) is 1. The zero-order valence-electron chi connectivity index (χ0n) is 14.0. The van der Waals surface area contributed by atoms with Gasteiger partial charge in [0.25, 0.3) is 0 Å². The van der Waals surface area contributed by atoms with Crippen molar-refractivity contribution in [2.75, 3.05) is 19.6 Å². The van der Waals surface area contributed by atoms with Crippen LogP contribution in [0.3, 0.4) is 0 Å². The zero-order valence-corrected chi connectivity index (χ0v) is 14.0. The normalized spacial score (nSPS) is 25.4. The second kappa shape index (κ2) is 6.31. The van der Waals surface area contributed by atoms with E-state index in [1.54, 1.807) is 6.20 Å². The Bertz CT molecular complexity index is 778. The van der Waals surface area contributed by atoms with E-state index in [1.165, 1.54) is 5.56 Å². The van der Waals surface area contributed by atoms with E-state index in [0.717, 1.165) is 5.69 Å². The van der Waals surface area contributed by atoms with Gasteiger partial charge in [-0.2, -0.15) is 0 Å². The average Bonchev–Trinajstić information content (AvgIpc) is 3.23. The highest BCUT2D eigenvalue weighted by Crippen LogP contribution is 2.46. The van der Waals surface area contributed by atoms with Gasteiger partial charge in [0.2, 0.25) is 11.8 Å². The molecule has 0 bridgehead atoms. The molecule has 2 aliphatic rings. The maximum absolute atomic E-state index is 12.7. The highest BCUT2D eigenvalue weighted by Gasteiger charge is 2.55. The van der Waals surface area contributed by atoms with Gasteiger partial charge in [0, 0.05) is 37.4 Å². The molecule has 5 heteroatoms. The number of pyridine rings is 1. The van der Waals surface area contributed by atoms with Crippen LogP contribution in [0.4, 0.5) is 0 Å². The minimum atomic E-state index is -0.499. The molecule has 2 aliphatic heterocycles. The number of hydrogen-bond acceptors (Lipinski definition) is 3. The number of carbonyl (C=O) groups excluding carboxylic acids is 2. The SMILES string of the molecule is O=C(Cc1ccccn1)N1CC[C@@]2(C1)C(=O)NC[C@H]2c1ccccc1. The first-order valence-electron chi connectivity index (χ1n) is 8.70. The van der Waals surface area contributed by atoms with E-state index < -0.39 is 5.41 Å². The number of amides is 2. The summed E-state index contributed by atoms with van der Waals surface area (Å²) in [5, 5.41) is 3.02. The standard InChI is InChI=1S/C20H21N3O2/c24-18(12-16-8-4-5-10-21-16)23-11-9-20(14-23)17(13-22-19(20)25)15-6-2-1-3-7-15/h1-8,10,17H,9,11-14H2,(H,22,25)/t17-,20-/m0/s1. The Morgan fingerprint density at radius 2 is 2.00 bits per heavy atom. The number of nitrogens with one attached hydrogen (secondary N) is 1. The number of benzene rings is 1. The minimum Gasteiger partial charge on any atom is -0.355 e. The molecule has 1 N–H and O–H groups in total. The summed E-state index contributed by atoms with van der Waals surface area (Å²) in [4.78, 5) is 31.4. The summed E-state index contributed by atoms with van der Waals surface area (Å²) in [6.45, 7) is 1.76. The van der Waals surface area contributed by atoms with E-state index in [9.17, 15) is 9.59 Å². The van der Waals surface area contributed by atoms with E-state index in [-0.39, 0.29) is 24.2 Å². The van der Waals surface area contributed by atoms with Gasteiger partial charge in [-0.3, -0.25) is 14.6 Å². The van der Waals surface area contributed by atoms with E-state index in [1.807, 2.05) is 41.3 Å². The third-order valence-electron chi connectivity index (χ3n) is 5.50. The maximum Gasteiger partial charge on any atom is 0.228 e. The predicted molar refractivity (Wildman–Crippen MR) is 93.8 cm³/mol. The van der Waals surface area contributed by atoms with Crippen molar-refractivity contribution in [1.29, 1.82) is 0 Å². The first-order chi connectivity index (χ1) is 12.2. The number of nitrogens with zero attached hydrogens (tertiary/aromatic N) is 2. The van der Waals surface area contributed by atoms with Gasteiger partial charge in [-0.1, -0.05) is 36.4 Å². The fourth-order valence-electron chi connectivity index (χ4n) is 4.13. The molecule has 5 nitrogen and oxygen atoms in total. The average molecular weight is 335 g/mol. The predicted octanol–water partition coefficient (Wildman–Crippen LogP) is 1.76. The molecule has 0 unspecified atom stereocenters. The van der Waals surface area contributed by atoms with E-state index >= 15 is 0 Å². The van der Waals surface area contributed by atoms with Crippen molar-refractivity contribution in [3.63, 3.8) is 0 Å². The molecule has 2 saturated heterocycles. The minimum absolute atomic E-state index is 0.0436. The van der Waals surface area contributed by atoms with Gasteiger partial charge in [-0.15, -0.1) is 0 Å². The molecule has 3 heterocycles. The van der Waals surface area contributed by atoms with Gasteiger partial charge < -0.3 is 10.2 Å². The first-order valence-corrected chi connectivity index (χ1v) is 8.70. The van der Waals surface area contributed by atoms with Crippen molar-refractivity contribution in [1.82, 2.24) is 15.2 Å². The van der Waals surface area contributed by atoms with Crippen LogP contribution in [0.25, 0.3) is 0 Å². The van der Waals surface area contributed by atoms with Crippen molar-refractivity contribution in [3.05, 3.63) is 66.0 Å². The fraction of sp³-hybridized carbons (Fsp3) is 0.350.